The lowest BCUT2D eigenvalue weighted by Gasteiger charge is -2.19. The lowest BCUT2D eigenvalue weighted by molar-refractivity contribution is -0.895. The highest BCUT2D eigenvalue weighted by atomic mass is 35.5. The van der Waals surface area contributed by atoms with Crippen molar-refractivity contribution >= 4 is 39.1 Å². The highest BCUT2D eigenvalue weighted by Crippen LogP contribution is 2.31. The Morgan fingerprint density at radius 3 is 3.04 bits per heavy atom. The standard InChI is InChI=1S/C19H21ClN4O2S/c1-11(25)9-21-19-22-17-16(14-6-7-23(2)10-15(14)27-17)18(26)24(19)13-5-3-4-12(20)8-13/h3-5,8,11,25H,6-7,9-10H2,1-2H3,(H,21,22)/p+1/t11-/m1/s1. The molecule has 27 heavy (non-hydrogen) atoms. The number of benzene rings is 1. The number of rotatable bonds is 4. The van der Waals surface area contributed by atoms with Crippen LogP contribution in [0.3, 0.4) is 0 Å². The molecule has 0 fully saturated rings. The smallest absolute Gasteiger partial charge is 0.268 e. The van der Waals surface area contributed by atoms with Gasteiger partial charge in [-0.15, -0.1) is 11.3 Å². The van der Waals surface area contributed by atoms with E-state index >= 15 is 0 Å². The maximum Gasteiger partial charge on any atom is 0.268 e. The quantitative estimate of drug-likeness (QED) is 0.614. The van der Waals surface area contributed by atoms with Gasteiger partial charge in [0.15, 0.2) is 0 Å². The zero-order chi connectivity index (χ0) is 19.1. The van der Waals surface area contributed by atoms with Crippen LogP contribution >= 0.6 is 22.9 Å². The summed E-state index contributed by atoms with van der Waals surface area (Å²) in [4.78, 5) is 21.7. The van der Waals surface area contributed by atoms with Crippen molar-refractivity contribution in [1.82, 2.24) is 9.55 Å². The van der Waals surface area contributed by atoms with E-state index in [9.17, 15) is 9.90 Å². The molecule has 2 aromatic heterocycles. The largest absolute Gasteiger partial charge is 0.392 e. The molecule has 0 spiro atoms. The molecule has 1 unspecified atom stereocenters. The topological polar surface area (TPSA) is 71.6 Å². The Bertz CT molecular complexity index is 1060. The average molecular weight is 406 g/mol. The van der Waals surface area contributed by atoms with Crippen molar-refractivity contribution in [1.29, 1.82) is 0 Å². The summed E-state index contributed by atoms with van der Waals surface area (Å²) in [5, 5.41) is 14.0. The van der Waals surface area contributed by atoms with E-state index in [2.05, 4.69) is 12.4 Å². The average Bonchev–Trinajstić information content (AvgIpc) is 2.97. The van der Waals surface area contributed by atoms with E-state index < -0.39 is 6.10 Å². The van der Waals surface area contributed by atoms with Crippen LogP contribution in [0, 0.1) is 0 Å². The molecule has 2 atom stereocenters. The molecule has 0 saturated heterocycles. The van der Waals surface area contributed by atoms with Crippen LogP contribution < -0.4 is 15.8 Å². The highest BCUT2D eigenvalue weighted by molar-refractivity contribution is 7.18. The minimum absolute atomic E-state index is 0.0904. The lowest BCUT2D eigenvalue weighted by Crippen LogP contribution is -3.08. The number of nitrogens with one attached hydrogen (secondary N) is 2. The maximum atomic E-state index is 13.5. The van der Waals surface area contributed by atoms with E-state index in [1.807, 2.05) is 12.1 Å². The number of likely N-dealkylation sites (N-methyl/N-ethyl adjacent to an activating group) is 1. The summed E-state index contributed by atoms with van der Waals surface area (Å²) in [6, 6.07) is 7.18. The molecule has 1 aliphatic heterocycles. The normalized spacial score (nSPS) is 17.7. The van der Waals surface area contributed by atoms with Crippen LogP contribution in [0.15, 0.2) is 29.1 Å². The van der Waals surface area contributed by atoms with Gasteiger partial charge in [0.25, 0.3) is 5.56 Å². The molecule has 3 N–H and O–H groups in total. The molecule has 6 nitrogen and oxygen atoms in total. The maximum absolute atomic E-state index is 13.5. The summed E-state index contributed by atoms with van der Waals surface area (Å²) in [5.41, 5.74) is 1.71. The van der Waals surface area contributed by atoms with Gasteiger partial charge in [-0.05, 0) is 30.7 Å². The van der Waals surface area contributed by atoms with Crippen LogP contribution in [0.1, 0.15) is 17.4 Å². The van der Waals surface area contributed by atoms with Crippen molar-refractivity contribution in [2.24, 2.45) is 0 Å². The molecular formula is C19H22ClN4O2S+. The monoisotopic (exact) mass is 405 g/mol. The minimum Gasteiger partial charge on any atom is -0.392 e. The third-order valence-electron chi connectivity index (χ3n) is 4.79. The first kappa shape index (κ1) is 18.4. The number of thiophene rings is 1. The number of hydrogen-bond acceptors (Lipinski definition) is 5. The molecular weight excluding hydrogens is 384 g/mol. The molecule has 3 heterocycles. The first-order valence-electron chi connectivity index (χ1n) is 9.00. The molecule has 8 heteroatoms. The first-order chi connectivity index (χ1) is 12.9. The number of quaternary nitrogens is 1. The van der Waals surface area contributed by atoms with Crippen LogP contribution in [-0.2, 0) is 13.0 Å². The zero-order valence-electron chi connectivity index (χ0n) is 15.3. The van der Waals surface area contributed by atoms with Crippen molar-refractivity contribution in [2.75, 3.05) is 25.5 Å². The Morgan fingerprint density at radius 2 is 2.30 bits per heavy atom. The molecule has 0 aliphatic carbocycles. The fourth-order valence-electron chi connectivity index (χ4n) is 3.47. The summed E-state index contributed by atoms with van der Waals surface area (Å²) in [5.74, 6) is 0.426. The molecule has 142 valence electrons. The summed E-state index contributed by atoms with van der Waals surface area (Å²) < 4.78 is 1.56. The van der Waals surface area contributed by atoms with Gasteiger partial charge in [-0.3, -0.25) is 4.79 Å². The molecule has 1 aliphatic rings. The van der Waals surface area contributed by atoms with Gasteiger partial charge in [0, 0.05) is 18.0 Å². The SMILES string of the molecule is C[C@@H](O)CNc1nc2sc3c(c2c(=O)n1-c1cccc(Cl)c1)CC[NH+](C)C3. The number of anilines is 1. The number of hydrogen-bond donors (Lipinski definition) is 3. The number of aliphatic hydroxyl groups excluding tert-OH is 1. The number of aliphatic hydroxyl groups is 1. The molecule has 0 amide bonds. The van der Waals surface area contributed by atoms with Gasteiger partial charge in [-0.1, -0.05) is 17.7 Å². The second-order valence-electron chi connectivity index (χ2n) is 7.10. The Kier molecular flexibility index (Phi) is 4.94. The predicted octanol–water partition coefficient (Wildman–Crippen LogP) is 1.46. The van der Waals surface area contributed by atoms with Crippen LogP contribution in [0.4, 0.5) is 5.95 Å². The molecule has 1 aromatic carbocycles. The van der Waals surface area contributed by atoms with Gasteiger partial charge in [0.2, 0.25) is 5.95 Å². The summed E-state index contributed by atoms with van der Waals surface area (Å²) in [6.07, 6.45) is 0.327. The van der Waals surface area contributed by atoms with E-state index in [0.29, 0.717) is 28.6 Å². The Labute approximate surface area is 166 Å². The van der Waals surface area contributed by atoms with Gasteiger partial charge in [-0.25, -0.2) is 9.55 Å². The second-order valence-corrected chi connectivity index (χ2v) is 8.62. The first-order valence-corrected chi connectivity index (χ1v) is 10.2. The number of nitrogens with zero attached hydrogens (tertiary/aromatic N) is 2. The minimum atomic E-state index is -0.556. The van der Waals surface area contributed by atoms with Crippen LogP contribution in [-0.4, -0.2) is 40.9 Å². The highest BCUT2D eigenvalue weighted by Gasteiger charge is 2.26. The second kappa shape index (κ2) is 7.24. The third-order valence-corrected chi connectivity index (χ3v) is 6.16. The lowest BCUT2D eigenvalue weighted by atomic mass is 10.1. The van der Waals surface area contributed by atoms with Crippen molar-refractivity contribution in [2.45, 2.75) is 26.0 Å². The predicted molar refractivity (Wildman–Crippen MR) is 110 cm³/mol. The van der Waals surface area contributed by atoms with Crippen LogP contribution in [0.25, 0.3) is 15.9 Å². The van der Waals surface area contributed by atoms with Crippen molar-refractivity contribution in [3.63, 3.8) is 0 Å². The molecule has 0 radical (unpaired) electrons. The third kappa shape index (κ3) is 3.48. The van der Waals surface area contributed by atoms with Gasteiger partial charge in [0.1, 0.15) is 11.4 Å². The van der Waals surface area contributed by atoms with E-state index in [4.69, 9.17) is 16.6 Å². The number of fused-ring (bicyclic) bond motifs is 3. The Balaban J connectivity index is 1.96. The van der Waals surface area contributed by atoms with Crippen molar-refractivity contribution in [3.05, 3.63) is 50.1 Å². The zero-order valence-corrected chi connectivity index (χ0v) is 16.8. The van der Waals surface area contributed by atoms with Gasteiger partial charge < -0.3 is 15.3 Å². The van der Waals surface area contributed by atoms with Crippen molar-refractivity contribution in [3.8, 4) is 5.69 Å². The van der Waals surface area contributed by atoms with Crippen LogP contribution in [0.2, 0.25) is 5.02 Å². The Hall–Kier alpha value is -1.93. The summed E-state index contributed by atoms with van der Waals surface area (Å²) in [7, 11) is 2.17. The van der Waals surface area contributed by atoms with E-state index in [-0.39, 0.29) is 5.56 Å². The van der Waals surface area contributed by atoms with E-state index in [0.717, 1.165) is 29.9 Å². The molecule has 3 aromatic rings. The van der Waals surface area contributed by atoms with E-state index in [1.165, 1.54) is 9.78 Å². The summed E-state index contributed by atoms with van der Waals surface area (Å²) in [6.45, 7) is 3.92. The van der Waals surface area contributed by atoms with Gasteiger partial charge in [-0.2, -0.15) is 0 Å². The fraction of sp³-hybridized carbons (Fsp3) is 0.368. The molecule has 4 rings (SSSR count). The molecule has 0 bridgehead atoms. The van der Waals surface area contributed by atoms with E-state index in [1.54, 1.807) is 35.0 Å². The number of aromatic nitrogens is 2. The fourth-order valence-corrected chi connectivity index (χ4v) is 4.98. The Morgan fingerprint density at radius 1 is 1.48 bits per heavy atom. The van der Waals surface area contributed by atoms with Gasteiger partial charge in [0.05, 0.1) is 35.6 Å². The van der Waals surface area contributed by atoms with Gasteiger partial charge >= 0.3 is 0 Å². The summed E-state index contributed by atoms with van der Waals surface area (Å²) >= 11 is 7.76. The van der Waals surface area contributed by atoms with Crippen LogP contribution in [0.5, 0.6) is 0 Å². The van der Waals surface area contributed by atoms with Crippen molar-refractivity contribution < 1.29 is 10.0 Å². The number of halogens is 1. The molecule has 0 saturated carbocycles.